The first kappa shape index (κ1) is 18.0. The number of fused-ring (bicyclic) bond motifs is 1. The van der Waals surface area contributed by atoms with Gasteiger partial charge in [-0.2, -0.15) is 0 Å². The maximum atomic E-state index is 12.4. The van der Waals surface area contributed by atoms with Crippen LogP contribution < -0.4 is 10.9 Å². The Balaban J connectivity index is 1.65. The minimum absolute atomic E-state index is 0.0629. The average Bonchev–Trinajstić information content (AvgIpc) is 3.18. The highest BCUT2D eigenvalue weighted by Crippen LogP contribution is 2.32. The van der Waals surface area contributed by atoms with Gasteiger partial charge in [-0.25, -0.2) is 8.42 Å². The molecule has 3 aromatic rings. The van der Waals surface area contributed by atoms with Crippen molar-refractivity contribution in [2.24, 2.45) is 0 Å². The van der Waals surface area contributed by atoms with Crippen LogP contribution in [0.1, 0.15) is 10.4 Å². The van der Waals surface area contributed by atoms with Crippen molar-refractivity contribution in [2.45, 2.75) is 6.04 Å². The Morgan fingerprint density at radius 2 is 2.04 bits per heavy atom. The third kappa shape index (κ3) is 3.69. The molecule has 2 aromatic heterocycles. The molecule has 0 bridgehead atoms. The zero-order chi connectivity index (χ0) is 19.2. The maximum Gasteiger partial charge on any atom is 0.261 e. The van der Waals surface area contributed by atoms with Gasteiger partial charge in [-0.05, 0) is 41.3 Å². The maximum absolute atomic E-state index is 12.4. The molecule has 0 fully saturated rings. The summed E-state index contributed by atoms with van der Waals surface area (Å²) in [6, 6.07) is 10.1. The summed E-state index contributed by atoms with van der Waals surface area (Å²) < 4.78 is 23.5. The second-order valence-electron chi connectivity index (χ2n) is 6.16. The Bertz CT molecular complexity index is 1260. The molecular weight excluding hydrogens is 408 g/mol. The number of nitrogens with one attached hydrogen (secondary N) is 2. The molecule has 1 atom stereocenters. The van der Waals surface area contributed by atoms with E-state index in [1.165, 1.54) is 23.5 Å². The van der Waals surface area contributed by atoms with Gasteiger partial charge in [-0.3, -0.25) is 9.59 Å². The summed E-state index contributed by atoms with van der Waals surface area (Å²) in [4.78, 5) is 28.4. The standard InChI is InChI=1S/C18H13ClN2O4S2/c19-16-4-3-15(26-16)11-2-1-10-7-13(18(23)21-14(10)8-11)17(22)20-12-5-6-27(24,25)9-12/h1-8,12H,9H2,(H,20,22)(H,21,23)/t12-/m1/s1. The molecule has 1 amide bonds. The number of H-pyrrole nitrogens is 1. The van der Waals surface area contributed by atoms with Crippen LogP contribution in [0.3, 0.4) is 0 Å². The lowest BCUT2D eigenvalue weighted by Gasteiger charge is -2.10. The molecule has 9 heteroatoms. The second-order valence-corrected chi connectivity index (χ2v) is 9.80. The van der Waals surface area contributed by atoms with Crippen molar-refractivity contribution in [3.05, 3.63) is 68.1 Å². The van der Waals surface area contributed by atoms with Crippen molar-refractivity contribution in [1.82, 2.24) is 10.3 Å². The first-order chi connectivity index (χ1) is 12.8. The third-order valence-electron chi connectivity index (χ3n) is 4.19. The number of halogens is 1. The van der Waals surface area contributed by atoms with E-state index in [0.29, 0.717) is 15.2 Å². The van der Waals surface area contributed by atoms with Crippen molar-refractivity contribution in [1.29, 1.82) is 0 Å². The van der Waals surface area contributed by atoms with Crippen molar-refractivity contribution in [2.75, 3.05) is 5.75 Å². The fraction of sp³-hybridized carbons (Fsp3) is 0.111. The van der Waals surface area contributed by atoms with E-state index in [-0.39, 0.29) is 11.3 Å². The Kier molecular flexibility index (Phi) is 4.41. The van der Waals surface area contributed by atoms with Crippen molar-refractivity contribution < 1.29 is 13.2 Å². The molecule has 1 aliphatic heterocycles. The SMILES string of the molecule is O=C(N[C@@H]1C=CS(=O)(=O)C1)c1cc2ccc(-c3ccc(Cl)s3)cc2[nH]c1=O. The Hall–Kier alpha value is -2.42. The third-order valence-corrected chi connectivity index (χ3v) is 6.87. The molecular formula is C18H13ClN2O4S2. The van der Waals surface area contributed by atoms with Crippen LogP contribution in [-0.2, 0) is 9.84 Å². The van der Waals surface area contributed by atoms with Crippen molar-refractivity contribution in [3.8, 4) is 10.4 Å². The fourth-order valence-electron chi connectivity index (χ4n) is 2.90. The smallest absolute Gasteiger partial charge is 0.261 e. The second kappa shape index (κ2) is 6.63. The van der Waals surface area contributed by atoms with E-state index >= 15 is 0 Å². The Morgan fingerprint density at radius 1 is 1.22 bits per heavy atom. The predicted octanol–water partition coefficient (Wildman–Crippen LogP) is 2.95. The van der Waals surface area contributed by atoms with Crippen LogP contribution in [0, 0.1) is 0 Å². The van der Waals surface area contributed by atoms with Gasteiger partial charge in [0.2, 0.25) is 0 Å². The molecule has 0 spiro atoms. The quantitative estimate of drug-likeness (QED) is 0.680. The van der Waals surface area contributed by atoms with Crippen LogP contribution in [0.25, 0.3) is 21.3 Å². The Morgan fingerprint density at radius 3 is 2.70 bits per heavy atom. The molecule has 0 saturated heterocycles. The van der Waals surface area contributed by atoms with Crippen LogP contribution in [0.2, 0.25) is 4.34 Å². The highest BCUT2D eigenvalue weighted by atomic mass is 35.5. The van der Waals surface area contributed by atoms with E-state index in [9.17, 15) is 18.0 Å². The van der Waals surface area contributed by atoms with Gasteiger partial charge in [0.1, 0.15) is 5.56 Å². The highest BCUT2D eigenvalue weighted by molar-refractivity contribution is 7.94. The highest BCUT2D eigenvalue weighted by Gasteiger charge is 2.24. The lowest BCUT2D eigenvalue weighted by molar-refractivity contribution is 0.0946. The largest absolute Gasteiger partial charge is 0.345 e. The number of benzene rings is 1. The van der Waals surface area contributed by atoms with Crippen LogP contribution in [0.15, 0.2) is 52.7 Å². The lowest BCUT2D eigenvalue weighted by atomic mass is 10.1. The number of carbonyl (C=O) groups is 1. The molecule has 27 heavy (non-hydrogen) atoms. The lowest BCUT2D eigenvalue weighted by Crippen LogP contribution is -2.38. The summed E-state index contributed by atoms with van der Waals surface area (Å²) in [5.74, 6) is -0.809. The summed E-state index contributed by atoms with van der Waals surface area (Å²) in [5.41, 5.74) is 0.911. The molecule has 0 radical (unpaired) electrons. The van der Waals surface area contributed by atoms with E-state index in [2.05, 4.69) is 10.3 Å². The van der Waals surface area contributed by atoms with Crippen LogP contribution in [0.5, 0.6) is 0 Å². The van der Waals surface area contributed by atoms with Gasteiger partial charge >= 0.3 is 0 Å². The molecule has 6 nitrogen and oxygen atoms in total. The van der Waals surface area contributed by atoms with Gasteiger partial charge in [0.25, 0.3) is 11.5 Å². The van der Waals surface area contributed by atoms with Gasteiger partial charge in [-0.1, -0.05) is 23.7 Å². The molecule has 3 heterocycles. The molecule has 1 aliphatic rings. The van der Waals surface area contributed by atoms with Gasteiger partial charge < -0.3 is 10.3 Å². The predicted molar refractivity (Wildman–Crippen MR) is 107 cm³/mol. The van der Waals surface area contributed by atoms with Gasteiger partial charge in [-0.15, -0.1) is 11.3 Å². The number of hydrogen-bond donors (Lipinski definition) is 2. The number of sulfone groups is 1. The van der Waals surface area contributed by atoms with Crippen molar-refractivity contribution >= 4 is 49.6 Å². The number of aromatic nitrogens is 1. The van der Waals surface area contributed by atoms with E-state index < -0.39 is 27.3 Å². The molecule has 0 unspecified atom stereocenters. The normalized spacial score (nSPS) is 18.0. The number of carbonyl (C=O) groups excluding carboxylic acids is 1. The average molecular weight is 421 g/mol. The number of pyridine rings is 1. The summed E-state index contributed by atoms with van der Waals surface area (Å²) in [7, 11) is -3.29. The minimum Gasteiger partial charge on any atom is -0.345 e. The number of amides is 1. The molecule has 138 valence electrons. The summed E-state index contributed by atoms with van der Waals surface area (Å²) in [6.45, 7) is 0. The minimum atomic E-state index is -3.29. The zero-order valence-electron chi connectivity index (χ0n) is 13.7. The van der Waals surface area contributed by atoms with Crippen molar-refractivity contribution in [3.63, 3.8) is 0 Å². The van der Waals surface area contributed by atoms with Gasteiger partial charge in [0.05, 0.1) is 16.1 Å². The van der Waals surface area contributed by atoms with Crippen LogP contribution >= 0.6 is 22.9 Å². The summed E-state index contributed by atoms with van der Waals surface area (Å²) in [6.07, 6.45) is 1.40. The number of rotatable bonds is 3. The van der Waals surface area contributed by atoms with E-state index in [0.717, 1.165) is 15.8 Å². The first-order valence-corrected chi connectivity index (χ1v) is 10.9. The fourth-order valence-corrected chi connectivity index (χ4v) is 5.18. The van der Waals surface area contributed by atoms with E-state index in [1.54, 1.807) is 6.07 Å². The molecule has 2 N–H and O–H groups in total. The molecule has 0 saturated carbocycles. The van der Waals surface area contributed by atoms with Gasteiger partial charge in [0, 0.05) is 15.8 Å². The Labute approximate surface area is 163 Å². The number of aromatic amines is 1. The number of hydrogen-bond acceptors (Lipinski definition) is 5. The van der Waals surface area contributed by atoms with Crippen LogP contribution in [0.4, 0.5) is 0 Å². The van der Waals surface area contributed by atoms with E-state index in [1.807, 2.05) is 24.3 Å². The monoisotopic (exact) mass is 420 g/mol. The molecule has 1 aromatic carbocycles. The first-order valence-electron chi connectivity index (χ1n) is 7.95. The van der Waals surface area contributed by atoms with Gasteiger partial charge in [0.15, 0.2) is 9.84 Å². The molecule has 4 rings (SSSR count). The summed E-state index contributed by atoms with van der Waals surface area (Å²) >= 11 is 7.40. The zero-order valence-corrected chi connectivity index (χ0v) is 16.1. The van der Waals surface area contributed by atoms with Crippen LogP contribution in [-0.4, -0.2) is 31.1 Å². The summed E-state index contributed by atoms with van der Waals surface area (Å²) in [5, 5.41) is 4.32. The topological polar surface area (TPSA) is 96.1 Å². The van der Waals surface area contributed by atoms with E-state index in [4.69, 9.17) is 11.6 Å². The number of thiophene rings is 1. The molecule has 0 aliphatic carbocycles.